The molecular formula is C21H19N3OS. The van der Waals surface area contributed by atoms with Gasteiger partial charge >= 0.3 is 0 Å². The summed E-state index contributed by atoms with van der Waals surface area (Å²) < 4.78 is 5.26. The molecule has 0 spiro atoms. The molecule has 0 aliphatic heterocycles. The third-order valence-corrected chi connectivity index (χ3v) is 4.99. The third kappa shape index (κ3) is 3.93. The van der Waals surface area contributed by atoms with Crippen LogP contribution in [0.25, 0.3) is 16.8 Å². The number of ether oxygens (including phenoxy) is 1. The van der Waals surface area contributed by atoms with E-state index in [0.29, 0.717) is 10.6 Å². The van der Waals surface area contributed by atoms with Crippen molar-refractivity contribution in [2.45, 2.75) is 13.8 Å². The predicted octanol–water partition coefficient (Wildman–Crippen LogP) is 5.41. The number of rotatable bonds is 5. The number of hydrogen-bond donors (Lipinski definition) is 1. The number of thiazole rings is 1. The highest BCUT2D eigenvalue weighted by Crippen LogP contribution is 2.28. The summed E-state index contributed by atoms with van der Waals surface area (Å²) >= 11 is 1.45. The molecule has 0 saturated heterocycles. The van der Waals surface area contributed by atoms with E-state index in [1.807, 2.05) is 35.7 Å². The third-order valence-electron chi connectivity index (χ3n) is 4.11. The van der Waals surface area contributed by atoms with Gasteiger partial charge in [0.2, 0.25) is 0 Å². The average molecular weight is 361 g/mol. The quantitative estimate of drug-likeness (QED) is 0.617. The standard InChI is InChI=1S/C21H19N3OS/c1-14-7-8-18(9-15(14)2)23-12-17(11-22)21-24-20(13-26-21)16-5-4-6-19(10-16)25-3/h4-10,12-13,23H,1-3H3/b17-12-. The first kappa shape index (κ1) is 17.7. The average Bonchev–Trinajstić information content (AvgIpc) is 3.15. The molecule has 5 heteroatoms. The Morgan fingerprint density at radius 3 is 2.77 bits per heavy atom. The van der Waals surface area contributed by atoms with Crippen LogP contribution in [-0.4, -0.2) is 12.1 Å². The van der Waals surface area contributed by atoms with Crippen LogP contribution in [0.3, 0.4) is 0 Å². The van der Waals surface area contributed by atoms with Gasteiger partial charge in [-0.2, -0.15) is 5.26 Å². The van der Waals surface area contributed by atoms with Crippen LogP contribution in [0.1, 0.15) is 16.1 Å². The summed E-state index contributed by atoms with van der Waals surface area (Å²) in [6, 6.07) is 16.1. The van der Waals surface area contributed by atoms with Gasteiger partial charge in [0.1, 0.15) is 22.4 Å². The van der Waals surface area contributed by atoms with Crippen LogP contribution in [0.2, 0.25) is 0 Å². The lowest BCUT2D eigenvalue weighted by Crippen LogP contribution is -1.92. The van der Waals surface area contributed by atoms with Crippen LogP contribution in [0, 0.1) is 25.2 Å². The van der Waals surface area contributed by atoms with Crippen molar-refractivity contribution in [3.05, 3.63) is 70.2 Å². The first-order chi connectivity index (χ1) is 12.6. The van der Waals surface area contributed by atoms with Crippen molar-refractivity contribution >= 4 is 22.6 Å². The lowest BCUT2D eigenvalue weighted by atomic mass is 10.1. The highest BCUT2D eigenvalue weighted by atomic mass is 32.1. The van der Waals surface area contributed by atoms with E-state index in [4.69, 9.17) is 4.74 Å². The maximum absolute atomic E-state index is 9.51. The summed E-state index contributed by atoms with van der Waals surface area (Å²) in [5.74, 6) is 0.782. The molecule has 2 aromatic carbocycles. The molecule has 0 bridgehead atoms. The topological polar surface area (TPSA) is 57.9 Å². The molecule has 0 aliphatic carbocycles. The number of allylic oxidation sites excluding steroid dienone is 1. The number of nitrogens with one attached hydrogen (secondary N) is 1. The maximum atomic E-state index is 9.51. The lowest BCUT2D eigenvalue weighted by molar-refractivity contribution is 0.415. The molecule has 130 valence electrons. The Bertz CT molecular complexity index is 998. The van der Waals surface area contributed by atoms with E-state index in [9.17, 15) is 5.26 Å². The van der Waals surface area contributed by atoms with Gasteiger partial charge < -0.3 is 10.1 Å². The molecule has 1 heterocycles. The van der Waals surface area contributed by atoms with Gasteiger partial charge in [-0.3, -0.25) is 0 Å². The zero-order chi connectivity index (χ0) is 18.5. The SMILES string of the molecule is COc1cccc(-c2csc(/C(C#N)=C\Nc3ccc(C)c(C)c3)n2)c1. The highest BCUT2D eigenvalue weighted by Gasteiger charge is 2.09. The van der Waals surface area contributed by atoms with Crippen LogP contribution in [0.5, 0.6) is 5.75 Å². The number of hydrogen-bond acceptors (Lipinski definition) is 5. The van der Waals surface area contributed by atoms with Crippen LogP contribution in [-0.2, 0) is 0 Å². The van der Waals surface area contributed by atoms with Gasteiger partial charge in [-0.15, -0.1) is 11.3 Å². The Balaban J connectivity index is 1.83. The predicted molar refractivity (Wildman–Crippen MR) is 107 cm³/mol. The fraction of sp³-hybridized carbons (Fsp3) is 0.143. The van der Waals surface area contributed by atoms with E-state index in [-0.39, 0.29) is 0 Å². The number of aryl methyl sites for hydroxylation is 2. The molecule has 0 unspecified atom stereocenters. The molecule has 0 atom stereocenters. The van der Waals surface area contributed by atoms with Gasteiger partial charge in [0.15, 0.2) is 0 Å². The van der Waals surface area contributed by atoms with E-state index in [0.717, 1.165) is 22.7 Å². The highest BCUT2D eigenvalue weighted by molar-refractivity contribution is 7.11. The van der Waals surface area contributed by atoms with Crippen LogP contribution in [0.4, 0.5) is 5.69 Å². The smallest absolute Gasteiger partial charge is 0.136 e. The van der Waals surface area contributed by atoms with E-state index >= 15 is 0 Å². The van der Waals surface area contributed by atoms with Crippen molar-refractivity contribution < 1.29 is 4.74 Å². The Morgan fingerprint density at radius 2 is 2.04 bits per heavy atom. The minimum atomic E-state index is 0.502. The van der Waals surface area contributed by atoms with E-state index in [2.05, 4.69) is 42.4 Å². The normalized spacial score (nSPS) is 11.1. The molecule has 0 aliphatic rings. The lowest BCUT2D eigenvalue weighted by Gasteiger charge is -2.05. The van der Waals surface area contributed by atoms with Crippen molar-refractivity contribution in [3.63, 3.8) is 0 Å². The Morgan fingerprint density at radius 1 is 1.19 bits per heavy atom. The summed E-state index contributed by atoms with van der Waals surface area (Å²) in [7, 11) is 1.64. The summed E-state index contributed by atoms with van der Waals surface area (Å²) in [5.41, 5.74) is 5.69. The maximum Gasteiger partial charge on any atom is 0.136 e. The molecule has 1 N–H and O–H groups in total. The molecule has 26 heavy (non-hydrogen) atoms. The van der Waals surface area contributed by atoms with E-state index in [1.54, 1.807) is 13.3 Å². The Kier molecular flexibility index (Phi) is 5.35. The molecule has 3 rings (SSSR count). The molecular weight excluding hydrogens is 342 g/mol. The van der Waals surface area contributed by atoms with Gasteiger partial charge in [0.05, 0.1) is 12.8 Å². The number of benzene rings is 2. The fourth-order valence-electron chi connectivity index (χ4n) is 2.44. The summed E-state index contributed by atoms with van der Waals surface area (Å²) in [4.78, 5) is 4.60. The second-order valence-electron chi connectivity index (χ2n) is 5.88. The number of aromatic nitrogens is 1. The first-order valence-electron chi connectivity index (χ1n) is 8.15. The number of methoxy groups -OCH3 is 1. The van der Waals surface area contributed by atoms with Crippen molar-refractivity contribution in [1.82, 2.24) is 4.98 Å². The summed E-state index contributed by atoms with van der Waals surface area (Å²) in [6.45, 7) is 4.14. The second-order valence-corrected chi connectivity index (χ2v) is 6.74. The molecule has 0 amide bonds. The molecule has 4 nitrogen and oxygen atoms in total. The largest absolute Gasteiger partial charge is 0.497 e. The monoisotopic (exact) mass is 361 g/mol. The van der Waals surface area contributed by atoms with Crippen LogP contribution in [0.15, 0.2) is 54.0 Å². The minimum Gasteiger partial charge on any atom is -0.497 e. The number of anilines is 1. The Hall–Kier alpha value is -3.10. The fourth-order valence-corrected chi connectivity index (χ4v) is 3.24. The first-order valence-corrected chi connectivity index (χ1v) is 9.03. The summed E-state index contributed by atoms with van der Waals surface area (Å²) in [5, 5.41) is 15.3. The summed E-state index contributed by atoms with van der Waals surface area (Å²) in [6.07, 6.45) is 1.71. The van der Waals surface area contributed by atoms with Crippen LogP contribution >= 0.6 is 11.3 Å². The molecule has 3 aromatic rings. The second kappa shape index (κ2) is 7.85. The molecule has 0 fully saturated rings. The Labute approximate surface area is 157 Å². The van der Waals surface area contributed by atoms with Gasteiger partial charge in [-0.25, -0.2) is 4.98 Å². The molecule has 0 saturated carbocycles. The van der Waals surface area contributed by atoms with Crippen molar-refractivity contribution in [1.29, 1.82) is 5.26 Å². The zero-order valence-electron chi connectivity index (χ0n) is 14.9. The van der Waals surface area contributed by atoms with Gasteiger partial charge in [-0.1, -0.05) is 18.2 Å². The van der Waals surface area contributed by atoms with E-state index in [1.165, 1.54) is 22.5 Å². The van der Waals surface area contributed by atoms with Crippen LogP contribution < -0.4 is 10.1 Å². The van der Waals surface area contributed by atoms with Gasteiger partial charge in [0, 0.05) is 22.8 Å². The molecule has 1 aromatic heterocycles. The van der Waals surface area contributed by atoms with E-state index < -0.39 is 0 Å². The number of nitriles is 1. The zero-order valence-corrected chi connectivity index (χ0v) is 15.7. The van der Waals surface area contributed by atoms with Gasteiger partial charge in [0.25, 0.3) is 0 Å². The molecule has 0 radical (unpaired) electrons. The van der Waals surface area contributed by atoms with Crippen molar-refractivity contribution in [2.24, 2.45) is 0 Å². The minimum absolute atomic E-state index is 0.502. The van der Waals surface area contributed by atoms with Crippen molar-refractivity contribution in [2.75, 3.05) is 12.4 Å². The van der Waals surface area contributed by atoms with Gasteiger partial charge in [-0.05, 0) is 49.2 Å². The van der Waals surface area contributed by atoms with Crippen molar-refractivity contribution in [3.8, 4) is 23.1 Å². The number of nitrogens with zero attached hydrogens (tertiary/aromatic N) is 2.